The van der Waals surface area contributed by atoms with Crippen molar-refractivity contribution in [3.8, 4) is 11.5 Å². The van der Waals surface area contributed by atoms with Crippen LogP contribution in [0, 0.1) is 18.4 Å². The molecule has 3 aromatic heterocycles. The van der Waals surface area contributed by atoms with Crippen molar-refractivity contribution in [1.29, 1.82) is 0 Å². The van der Waals surface area contributed by atoms with Crippen LogP contribution in [0.5, 0.6) is 0 Å². The number of hydrogen-bond donors (Lipinski definition) is 1. The number of piperazine rings is 1. The molecule has 5 rings (SSSR count). The van der Waals surface area contributed by atoms with Gasteiger partial charge in [0.1, 0.15) is 13.7 Å². The monoisotopic (exact) mass is 624 g/mol. The Bertz CT molecular complexity index is 1750. The second-order valence-corrected chi connectivity index (χ2v) is 19.0. The summed E-state index contributed by atoms with van der Waals surface area (Å²) in [6.45, 7) is 20.2. The Morgan fingerprint density at radius 1 is 0.933 bits per heavy atom. The normalized spacial score (nSPS) is 14.4. The van der Waals surface area contributed by atoms with Gasteiger partial charge in [-0.15, -0.1) is 5.54 Å². The minimum Gasteiger partial charge on any atom is -0.369 e. The Morgan fingerprint density at radius 3 is 2.16 bits per heavy atom. The molecule has 0 bridgehead atoms. The van der Waals surface area contributed by atoms with Gasteiger partial charge in [-0.3, -0.25) is 14.0 Å². The number of hydrogen-bond acceptors (Lipinski definition) is 7. The summed E-state index contributed by atoms with van der Waals surface area (Å²) in [6.07, 6.45) is 3.57. The summed E-state index contributed by atoms with van der Waals surface area (Å²) in [5, 5.41) is 8.48. The molecule has 10 heteroatoms. The summed E-state index contributed by atoms with van der Waals surface area (Å²) in [6, 6.07) is 10.3. The molecule has 1 saturated heterocycles. The van der Waals surface area contributed by atoms with E-state index in [1.807, 2.05) is 26.2 Å². The molecule has 4 heterocycles. The quantitative estimate of drug-likeness (QED) is 0.192. The lowest BCUT2D eigenvalue weighted by Crippen LogP contribution is -2.44. The van der Waals surface area contributed by atoms with Crippen molar-refractivity contribution in [2.45, 2.75) is 71.6 Å². The van der Waals surface area contributed by atoms with Gasteiger partial charge < -0.3 is 15.1 Å². The van der Waals surface area contributed by atoms with Crippen LogP contribution in [-0.2, 0) is 13.6 Å². The van der Waals surface area contributed by atoms with E-state index in [0.717, 1.165) is 48.5 Å². The Hall–Kier alpha value is -3.94. The highest BCUT2D eigenvalue weighted by molar-refractivity contribution is 6.90. The maximum absolute atomic E-state index is 14.0. The molecule has 1 aliphatic rings. The van der Waals surface area contributed by atoms with Gasteiger partial charge in [0, 0.05) is 68.1 Å². The van der Waals surface area contributed by atoms with Crippen molar-refractivity contribution in [1.82, 2.24) is 29.2 Å². The maximum atomic E-state index is 14.0. The van der Waals surface area contributed by atoms with Crippen molar-refractivity contribution in [3.05, 3.63) is 69.9 Å². The van der Waals surface area contributed by atoms with Gasteiger partial charge in [0.25, 0.3) is 5.56 Å². The lowest BCUT2D eigenvalue weighted by Gasteiger charge is -2.38. The van der Waals surface area contributed by atoms with Crippen molar-refractivity contribution in [2.75, 3.05) is 43.4 Å². The molecule has 0 aliphatic carbocycles. The van der Waals surface area contributed by atoms with E-state index in [-0.39, 0.29) is 5.56 Å². The third kappa shape index (κ3) is 6.42. The number of likely N-dealkylation sites (N-methyl/N-ethyl adjacent to an activating group) is 1. The predicted molar refractivity (Wildman–Crippen MR) is 188 cm³/mol. The minimum atomic E-state index is -2.03. The van der Waals surface area contributed by atoms with Crippen LogP contribution in [0.15, 0.2) is 47.5 Å². The van der Waals surface area contributed by atoms with Crippen LogP contribution in [0.3, 0.4) is 0 Å². The molecule has 0 amide bonds. The molecule has 0 radical (unpaired) electrons. The summed E-state index contributed by atoms with van der Waals surface area (Å²) >= 11 is 0. The van der Waals surface area contributed by atoms with E-state index in [4.69, 9.17) is 9.97 Å². The zero-order valence-corrected chi connectivity index (χ0v) is 29.3. The predicted octanol–water partition coefficient (Wildman–Crippen LogP) is 5.95. The molecule has 238 valence electrons. The van der Waals surface area contributed by atoms with Crippen LogP contribution >= 0.6 is 0 Å². The van der Waals surface area contributed by atoms with Gasteiger partial charge in [0.15, 0.2) is 0 Å². The third-order valence-electron chi connectivity index (χ3n) is 9.74. The SMILES string of the molecule is Cc1c(C#C[Si](C(C)C)(C(C)C)C(C)C)c2cnc(Nc3ccc(N4CCN(C)CC4)cc3)nc2n(Cc2ccnn2C)c1=O. The Morgan fingerprint density at radius 2 is 1.58 bits per heavy atom. The van der Waals surface area contributed by atoms with E-state index in [1.165, 1.54) is 5.69 Å². The van der Waals surface area contributed by atoms with Gasteiger partial charge >= 0.3 is 0 Å². The standard InChI is InChI=1S/C35H48N8OSi/c1-24(2)45(25(3)4,26(5)6)21-15-31-27(7)34(44)43(23-30-14-16-37-41(30)9)33-32(31)22-36-35(39-33)38-28-10-12-29(13-11-28)42-19-17-40(8)18-20-42/h10-14,16,22,24-26H,17-20,23H2,1-9H3,(H,36,38,39). The average molecular weight is 625 g/mol. The second kappa shape index (κ2) is 13.2. The third-order valence-corrected chi connectivity index (χ3v) is 16.0. The van der Waals surface area contributed by atoms with Gasteiger partial charge in [-0.05, 0) is 60.9 Å². The summed E-state index contributed by atoms with van der Waals surface area (Å²) in [5.41, 5.74) is 10.1. The lowest BCUT2D eigenvalue weighted by atomic mass is 10.1. The molecule has 0 atom stereocenters. The number of fused-ring (bicyclic) bond motifs is 1. The van der Waals surface area contributed by atoms with Crippen LogP contribution in [-0.4, -0.2) is 70.5 Å². The van der Waals surface area contributed by atoms with Crippen LogP contribution in [0.4, 0.5) is 17.3 Å². The first-order valence-electron chi connectivity index (χ1n) is 16.1. The molecule has 1 N–H and O–H groups in total. The molecule has 1 aliphatic heterocycles. The molecule has 1 fully saturated rings. The van der Waals surface area contributed by atoms with Gasteiger partial charge in [-0.2, -0.15) is 10.1 Å². The summed E-state index contributed by atoms with van der Waals surface area (Å²) in [7, 11) is 2.02. The number of aryl methyl sites for hydroxylation is 1. The molecular weight excluding hydrogens is 577 g/mol. The second-order valence-electron chi connectivity index (χ2n) is 13.4. The number of nitrogens with zero attached hydrogens (tertiary/aromatic N) is 7. The van der Waals surface area contributed by atoms with Crippen LogP contribution < -0.4 is 15.8 Å². The first-order chi connectivity index (χ1) is 21.4. The van der Waals surface area contributed by atoms with Crippen molar-refractivity contribution in [2.24, 2.45) is 7.05 Å². The minimum absolute atomic E-state index is 0.0971. The van der Waals surface area contributed by atoms with Gasteiger partial charge in [0.2, 0.25) is 5.95 Å². The fourth-order valence-electron chi connectivity index (χ4n) is 7.00. The summed E-state index contributed by atoms with van der Waals surface area (Å²) in [4.78, 5) is 28.5. The van der Waals surface area contributed by atoms with Crippen LogP contribution in [0.25, 0.3) is 11.0 Å². The molecule has 1 aromatic carbocycles. The van der Waals surface area contributed by atoms with E-state index in [9.17, 15) is 4.79 Å². The number of nitrogens with one attached hydrogen (secondary N) is 1. The Kier molecular flexibility index (Phi) is 9.51. The first-order valence-corrected chi connectivity index (χ1v) is 18.4. The highest BCUT2D eigenvalue weighted by Gasteiger charge is 2.41. The zero-order valence-electron chi connectivity index (χ0n) is 28.3. The summed E-state index contributed by atoms with van der Waals surface area (Å²) in [5.74, 6) is 4.00. The molecule has 0 saturated carbocycles. The van der Waals surface area contributed by atoms with Gasteiger partial charge in [0.05, 0.1) is 17.6 Å². The van der Waals surface area contributed by atoms with Crippen LogP contribution in [0.1, 0.15) is 58.4 Å². The first kappa shape index (κ1) is 32.5. The molecular formula is C35H48N8OSi. The molecule has 9 nitrogen and oxygen atoms in total. The van der Waals surface area contributed by atoms with E-state index >= 15 is 0 Å². The van der Waals surface area contributed by atoms with E-state index in [2.05, 4.69) is 105 Å². The molecule has 45 heavy (non-hydrogen) atoms. The van der Waals surface area contributed by atoms with Crippen molar-refractivity contribution >= 4 is 36.4 Å². The van der Waals surface area contributed by atoms with Gasteiger partial charge in [-0.1, -0.05) is 47.5 Å². The number of aromatic nitrogens is 5. The fraction of sp³-hybridized carbons (Fsp3) is 0.486. The fourth-order valence-corrected chi connectivity index (χ4v) is 12.2. The molecule has 4 aromatic rings. The number of benzene rings is 1. The highest BCUT2D eigenvalue weighted by atomic mass is 28.3. The molecule has 0 spiro atoms. The van der Waals surface area contributed by atoms with Crippen LogP contribution in [0.2, 0.25) is 16.6 Å². The largest absolute Gasteiger partial charge is 0.369 e. The van der Waals surface area contributed by atoms with Gasteiger partial charge in [-0.25, -0.2) is 4.98 Å². The number of rotatable bonds is 8. The molecule has 0 unspecified atom stereocenters. The zero-order chi connectivity index (χ0) is 32.5. The van der Waals surface area contributed by atoms with Crippen molar-refractivity contribution in [3.63, 3.8) is 0 Å². The Labute approximate surface area is 268 Å². The van der Waals surface area contributed by atoms with E-state index in [0.29, 0.717) is 40.3 Å². The number of pyridine rings is 1. The van der Waals surface area contributed by atoms with E-state index < -0.39 is 8.07 Å². The van der Waals surface area contributed by atoms with Crippen molar-refractivity contribution < 1.29 is 0 Å². The van der Waals surface area contributed by atoms with E-state index in [1.54, 1.807) is 15.4 Å². The highest BCUT2D eigenvalue weighted by Crippen LogP contribution is 2.41. The number of anilines is 3. The summed E-state index contributed by atoms with van der Waals surface area (Å²) < 4.78 is 3.52. The average Bonchev–Trinajstić information content (AvgIpc) is 3.41. The topological polar surface area (TPSA) is 84.1 Å². The lowest BCUT2D eigenvalue weighted by molar-refractivity contribution is 0.313. The maximum Gasteiger partial charge on any atom is 0.256 e. The Balaban J connectivity index is 1.58. The smallest absolute Gasteiger partial charge is 0.256 e.